The Hall–Kier alpha value is -2.51. The first kappa shape index (κ1) is 19.3. The molecule has 7 heteroatoms. The molecule has 27 heavy (non-hydrogen) atoms. The van der Waals surface area contributed by atoms with Crippen LogP contribution >= 0.6 is 24.4 Å². The summed E-state index contributed by atoms with van der Waals surface area (Å²) in [6.07, 6.45) is 2.55. The molecule has 1 heterocycles. The summed E-state index contributed by atoms with van der Waals surface area (Å²) in [5.74, 6) is 0.0143. The first-order valence-electron chi connectivity index (χ1n) is 8.94. The van der Waals surface area contributed by atoms with E-state index in [0.717, 1.165) is 37.2 Å². The number of nitrogens with zero attached hydrogens (tertiary/aromatic N) is 1. The average molecular weight is 399 g/mol. The Balaban J connectivity index is 1.38. The number of carbonyl (C=O) groups excluding carboxylic acids is 1. The molecule has 0 unspecified atom stereocenters. The van der Waals surface area contributed by atoms with Gasteiger partial charge >= 0.3 is 0 Å². The van der Waals surface area contributed by atoms with Crippen LogP contribution in [0.15, 0.2) is 60.7 Å². The molecule has 0 spiro atoms. The summed E-state index contributed by atoms with van der Waals surface area (Å²) in [5.41, 5.74) is 1.77. The molecule has 1 amide bonds. The van der Waals surface area contributed by atoms with E-state index in [1.807, 2.05) is 60.7 Å². The smallest absolute Gasteiger partial charge is 0.255 e. The molecule has 0 aromatic heterocycles. The fourth-order valence-electron chi connectivity index (χ4n) is 2.92. The van der Waals surface area contributed by atoms with Crippen LogP contribution in [0.3, 0.4) is 0 Å². The standard InChI is InChI=1S/C20H22N4OS2/c25-18-17(23-20(27)24(18)16-11-5-2-6-12-16)13-7-8-14-21-19(26)22-15-9-3-1-4-10-15/h1-6,9-12,17H,7-8,13-14H2,(H,23,27)(H2,21,22,26)/t17-/m0/s1. The van der Waals surface area contributed by atoms with E-state index in [4.69, 9.17) is 24.4 Å². The van der Waals surface area contributed by atoms with Gasteiger partial charge in [-0.3, -0.25) is 9.69 Å². The fraction of sp³-hybridized carbons (Fsp3) is 0.250. The second-order valence-electron chi connectivity index (χ2n) is 6.25. The van der Waals surface area contributed by atoms with Crippen LogP contribution in [0.25, 0.3) is 0 Å². The number of carbonyl (C=O) groups is 1. The number of hydrogen-bond donors (Lipinski definition) is 3. The third-order valence-corrected chi connectivity index (χ3v) is 4.82. The Morgan fingerprint density at radius 2 is 1.70 bits per heavy atom. The van der Waals surface area contributed by atoms with Crippen LogP contribution < -0.4 is 20.9 Å². The van der Waals surface area contributed by atoms with E-state index in [9.17, 15) is 4.79 Å². The highest BCUT2D eigenvalue weighted by Gasteiger charge is 2.35. The normalized spacial score (nSPS) is 16.1. The van der Waals surface area contributed by atoms with Crippen LogP contribution in [0.2, 0.25) is 0 Å². The van der Waals surface area contributed by atoms with Gasteiger partial charge in [0.2, 0.25) is 0 Å². The summed E-state index contributed by atoms with van der Waals surface area (Å²) in [7, 11) is 0. The zero-order chi connectivity index (χ0) is 19.1. The molecular weight excluding hydrogens is 376 g/mol. The zero-order valence-corrected chi connectivity index (χ0v) is 16.5. The van der Waals surface area contributed by atoms with Crippen molar-refractivity contribution >= 4 is 51.9 Å². The van der Waals surface area contributed by atoms with E-state index in [2.05, 4.69) is 16.0 Å². The highest BCUT2D eigenvalue weighted by atomic mass is 32.1. The molecule has 0 bridgehead atoms. The lowest BCUT2D eigenvalue weighted by Gasteiger charge is -2.14. The summed E-state index contributed by atoms with van der Waals surface area (Å²) in [6, 6.07) is 19.0. The lowest BCUT2D eigenvalue weighted by Crippen LogP contribution is -2.31. The van der Waals surface area contributed by atoms with Gasteiger partial charge in [-0.2, -0.15) is 0 Å². The third kappa shape index (κ3) is 5.24. The Bertz CT molecular complexity index is 798. The van der Waals surface area contributed by atoms with Gasteiger partial charge in [0, 0.05) is 12.2 Å². The predicted octanol–water partition coefficient (Wildman–Crippen LogP) is 3.43. The van der Waals surface area contributed by atoms with E-state index < -0.39 is 0 Å². The van der Waals surface area contributed by atoms with Crippen LogP contribution in [0.5, 0.6) is 0 Å². The maximum absolute atomic E-state index is 12.6. The van der Waals surface area contributed by atoms with E-state index in [0.29, 0.717) is 10.2 Å². The van der Waals surface area contributed by atoms with Gasteiger partial charge in [-0.1, -0.05) is 36.4 Å². The molecule has 2 aromatic rings. The number of benzene rings is 2. The van der Waals surface area contributed by atoms with Crippen molar-refractivity contribution in [3.8, 4) is 0 Å². The molecule has 1 fully saturated rings. The molecule has 3 N–H and O–H groups in total. The first-order chi connectivity index (χ1) is 13.1. The van der Waals surface area contributed by atoms with Crippen molar-refractivity contribution in [1.82, 2.24) is 10.6 Å². The molecule has 1 aliphatic heterocycles. The van der Waals surface area contributed by atoms with E-state index >= 15 is 0 Å². The summed E-state index contributed by atoms with van der Waals surface area (Å²) in [4.78, 5) is 14.2. The van der Waals surface area contributed by atoms with Crippen molar-refractivity contribution in [2.24, 2.45) is 0 Å². The molecule has 1 atom stereocenters. The fourth-order valence-corrected chi connectivity index (χ4v) is 3.48. The van der Waals surface area contributed by atoms with Crippen LogP contribution in [-0.2, 0) is 4.79 Å². The molecule has 1 aliphatic rings. The molecular formula is C20H22N4OS2. The van der Waals surface area contributed by atoms with Gasteiger partial charge in [0.1, 0.15) is 6.04 Å². The highest BCUT2D eigenvalue weighted by molar-refractivity contribution is 7.80. The Kier molecular flexibility index (Phi) is 6.73. The number of hydrogen-bond acceptors (Lipinski definition) is 3. The van der Waals surface area contributed by atoms with E-state index in [1.54, 1.807) is 4.90 Å². The average Bonchev–Trinajstić information content (AvgIpc) is 2.96. The SMILES string of the molecule is O=C1[C@H](CCCCNC(=S)Nc2ccccc2)NC(=S)N1c1ccccc1. The van der Waals surface area contributed by atoms with Gasteiger partial charge in [-0.25, -0.2) is 0 Å². The summed E-state index contributed by atoms with van der Waals surface area (Å²) >= 11 is 10.6. The number of rotatable bonds is 7. The van der Waals surface area contributed by atoms with Gasteiger partial charge in [0.05, 0.1) is 5.69 Å². The Labute approximate surface area is 170 Å². The lowest BCUT2D eigenvalue weighted by molar-refractivity contribution is -0.118. The van der Waals surface area contributed by atoms with Gasteiger partial charge in [0.25, 0.3) is 5.91 Å². The maximum Gasteiger partial charge on any atom is 0.255 e. The summed E-state index contributed by atoms with van der Waals surface area (Å²) < 4.78 is 0. The second-order valence-corrected chi connectivity index (χ2v) is 7.05. The van der Waals surface area contributed by atoms with Crippen LogP contribution in [0, 0.1) is 0 Å². The van der Waals surface area contributed by atoms with Gasteiger partial charge in [-0.15, -0.1) is 0 Å². The second kappa shape index (κ2) is 9.43. The number of unbranched alkanes of at least 4 members (excludes halogenated alkanes) is 1. The monoisotopic (exact) mass is 398 g/mol. The lowest BCUT2D eigenvalue weighted by atomic mass is 10.1. The van der Waals surface area contributed by atoms with Crippen LogP contribution in [0.1, 0.15) is 19.3 Å². The maximum atomic E-state index is 12.6. The van der Waals surface area contributed by atoms with Crippen molar-refractivity contribution in [2.45, 2.75) is 25.3 Å². The van der Waals surface area contributed by atoms with E-state index in [-0.39, 0.29) is 11.9 Å². The molecule has 140 valence electrons. The minimum absolute atomic E-state index is 0.0143. The van der Waals surface area contributed by atoms with Crippen molar-refractivity contribution in [2.75, 3.05) is 16.8 Å². The Morgan fingerprint density at radius 1 is 1.04 bits per heavy atom. The third-order valence-electron chi connectivity index (χ3n) is 4.27. The van der Waals surface area contributed by atoms with Crippen molar-refractivity contribution < 1.29 is 4.79 Å². The highest BCUT2D eigenvalue weighted by Crippen LogP contribution is 2.21. The number of amides is 1. The summed E-state index contributed by atoms with van der Waals surface area (Å²) in [5, 5.41) is 10.5. The molecule has 3 rings (SSSR count). The predicted molar refractivity (Wildman–Crippen MR) is 118 cm³/mol. The molecule has 5 nitrogen and oxygen atoms in total. The van der Waals surface area contributed by atoms with E-state index in [1.165, 1.54) is 0 Å². The van der Waals surface area contributed by atoms with Crippen molar-refractivity contribution in [3.05, 3.63) is 60.7 Å². The van der Waals surface area contributed by atoms with Gasteiger partial charge in [0.15, 0.2) is 10.2 Å². The molecule has 0 radical (unpaired) electrons. The first-order valence-corrected chi connectivity index (χ1v) is 9.76. The number of nitrogens with one attached hydrogen (secondary N) is 3. The Morgan fingerprint density at radius 3 is 2.41 bits per heavy atom. The molecule has 1 saturated heterocycles. The minimum atomic E-state index is -0.257. The summed E-state index contributed by atoms with van der Waals surface area (Å²) in [6.45, 7) is 0.756. The quantitative estimate of drug-likeness (QED) is 0.491. The topological polar surface area (TPSA) is 56.4 Å². The minimum Gasteiger partial charge on any atom is -0.362 e. The molecule has 2 aromatic carbocycles. The van der Waals surface area contributed by atoms with Crippen molar-refractivity contribution in [1.29, 1.82) is 0 Å². The number of para-hydroxylation sites is 2. The zero-order valence-electron chi connectivity index (χ0n) is 14.9. The van der Waals surface area contributed by atoms with Crippen LogP contribution in [-0.4, -0.2) is 28.7 Å². The van der Waals surface area contributed by atoms with Gasteiger partial charge < -0.3 is 16.0 Å². The largest absolute Gasteiger partial charge is 0.362 e. The van der Waals surface area contributed by atoms with Crippen LogP contribution in [0.4, 0.5) is 11.4 Å². The van der Waals surface area contributed by atoms with Crippen molar-refractivity contribution in [3.63, 3.8) is 0 Å². The number of thiocarbonyl (C=S) groups is 2. The van der Waals surface area contributed by atoms with Gasteiger partial charge in [-0.05, 0) is 68.0 Å². The number of anilines is 2. The molecule has 0 aliphatic carbocycles. The molecule has 0 saturated carbocycles.